The number of halogens is 1. The largest absolute Gasteiger partial charge is 0.411 e. The molecule has 0 unspecified atom stereocenters. The van der Waals surface area contributed by atoms with E-state index < -0.39 is 0 Å². The Kier molecular flexibility index (Phi) is 3.79. The molecule has 0 radical (unpaired) electrons. The van der Waals surface area contributed by atoms with Crippen molar-refractivity contribution in [3.05, 3.63) is 0 Å². The van der Waals surface area contributed by atoms with E-state index in [2.05, 4.69) is 14.7 Å². The van der Waals surface area contributed by atoms with Crippen LogP contribution in [0.5, 0.6) is 0 Å². The summed E-state index contributed by atoms with van der Waals surface area (Å²) < 4.78 is 3.89. The SMILES string of the molecule is CC(=NO)C(C)=NOCl. The molecular weight excluding hydrogens is 144 g/mol. The smallest absolute Gasteiger partial charge is 0.167 e. The van der Waals surface area contributed by atoms with E-state index in [1.807, 2.05) is 0 Å². The van der Waals surface area contributed by atoms with E-state index in [1.165, 1.54) is 0 Å². The third-order valence-electron chi connectivity index (χ3n) is 0.845. The van der Waals surface area contributed by atoms with Gasteiger partial charge in [0.15, 0.2) is 11.9 Å². The predicted octanol–water partition coefficient (Wildman–Crippen LogP) is 1.38. The Hall–Kier alpha value is -0.770. The van der Waals surface area contributed by atoms with E-state index in [1.54, 1.807) is 13.8 Å². The van der Waals surface area contributed by atoms with Crippen LogP contribution in [0, 0.1) is 0 Å². The number of hydrogen-bond acceptors (Lipinski definition) is 4. The number of rotatable bonds is 2. The van der Waals surface area contributed by atoms with Gasteiger partial charge < -0.3 is 5.21 Å². The minimum absolute atomic E-state index is 0.371. The van der Waals surface area contributed by atoms with Crippen LogP contribution in [-0.4, -0.2) is 16.6 Å². The zero-order chi connectivity index (χ0) is 7.28. The van der Waals surface area contributed by atoms with Crippen LogP contribution in [0.4, 0.5) is 0 Å². The summed E-state index contributed by atoms with van der Waals surface area (Å²) in [6, 6.07) is 0. The Morgan fingerprint density at radius 3 is 2.33 bits per heavy atom. The second-order valence-electron chi connectivity index (χ2n) is 1.43. The average Bonchev–Trinajstić information content (AvgIpc) is 1.87. The maximum Gasteiger partial charge on any atom is 0.167 e. The molecule has 0 aliphatic heterocycles. The van der Waals surface area contributed by atoms with Crippen molar-refractivity contribution >= 4 is 23.3 Å². The fourth-order valence-electron chi connectivity index (χ4n) is 0.190. The van der Waals surface area contributed by atoms with Crippen LogP contribution in [-0.2, 0) is 4.39 Å². The molecule has 0 aromatic rings. The first-order chi connectivity index (χ1) is 4.22. The van der Waals surface area contributed by atoms with E-state index >= 15 is 0 Å². The number of nitrogens with zero attached hydrogens (tertiary/aromatic N) is 2. The van der Waals surface area contributed by atoms with Gasteiger partial charge in [-0.05, 0) is 13.8 Å². The first-order valence-electron chi connectivity index (χ1n) is 2.23. The van der Waals surface area contributed by atoms with Crippen LogP contribution >= 0.6 is 11.9 Å². The summed E-state index contributed by atoms with van der Waals surface area (Å²) in [5, 5.41) is 14.3. The van der Waals surface area contributed by atoms with Gasteiger partial charge in [0.05, 0.1) is 0 Å². The van der Waals surface area contributed by atoms with Crippen molar-refractivity contribution in [1.82, 2.24) is 0 Å². The summed E-state index contributed by atoms with van der Waals surface area (Å²) in [7, 11) is 0. The van der Waals surface area contributed by atoms with Crippen molar-refractivity contribution < 1.29 is 9.60 Å². The van der Waals surface area contributed by atoms with Gasteiger partial charge in [-0.25, -0.2) is 0 Å². The highest BCUT2D eigenvalue weighted by atomic mass is 35.5. The van der Waals surface area contributed by atoms with Crippen LogP contribution in [0.25, 0.3) is 0 Å². The molecule has 0 atom stereocenters. The van der Waals surface area contributed by atoms with Gasteiger partial charge in [0.25, 0.3) is 0 Å². The molecule has 1 N–H and O–H groups in total. The molecule has 0 aromatic heterocycles. The molecule has 0 saturated heterocycles. The average molecular weight is 151 g/mol. The Morgan fingerprint density at radius 1 is 1.44 bits per heavy atom. The van der Waals surface area contributed by atoms with Gasteiger partial charge >= 0.3 is 0 Å². The zero-order valence-electron chi connectivity index (χ0n) is 5.13. The molecule has 9 heavy (non-hydrogen) atoms. The fourth-order valence-corrected chi connectivity index (χ4v) is 0.294. The zero-order valence-corrected chi connectivity index (χ0v) is 5.88. The Balaban J connectivity index is 4.03. The van der Waals surface area contributed by atoms with Gasteiger partial charge in [-0.1, -0.05) is 10.3 Å². The second-order valence-corrected chi connectivity index (χ2v) is 1.57. The van der Waals surface area contributed by atoms with Crippen molar-refractivity contribution in [3.63, 3.8) is 0 Å². The second kappa shape index (κ2) is 4.14. The van der Waals surface area contributed by atoms with Crippen molar-refractivity contribution in [3.8, 4) is 0 Å². The van der Waals surface area contributed by atoms with Gasteiger partial charge in [0, 0.05) is 0 Å². The third kappa shape index (κ3) is 2.92. The molecule has 0 aliphatic rings. The summed E-state index contributed by atoms with van der Waals surface area (Å²) in [5.74, 6) is 0. The Labute approximate surface area is 57.9 Å². The minimum Gasteiger partial charge on any atom is -0.411 e. The van der Waals surface area contributed by atoms with Crippen molar-refractivity contribution in [1.29, 1.82) is 0 Å². The lowest BCUT2D eigenvalue weighted by Gasteiger charge is -1.90. The summed E-state index contributed by atoms with van der Waals surface area (Å²) in [6.45, 7) is 3.19. The van der Waals surface area contributed by atoms with Crippen molar-refractivity contribution in [2.45, 2.75) is 13.8 Å². The monoisotopic (exact) mass is 150 g/mol. The Bertz CT molecular complexity index is 144. The molecule has 0 fully saturated rings. The molecule has 0 amide bonds. The molecule has 5 heteroatoms. The van der Waals surface area contributed by atoms with E-state index in [4.69, 9.17) is 17.1 Å². The quantitative estimate of drug-likeness (QED) is 0.367. The maximum absolute atomic E-state index is 8.14. The molecule has 0 saturated carbocycles. The van der Waals surface area contributed by atoms with Gasteiger partial charge in [0.2, 0.25) is 0 Å². The lowest BCUT2D eigenvalue weighted by atomic mass is 10.3. The van der Waals surface area contributed by atoms with Crippen LogP contribution in [0.3, 0.4) is 0 Å². The normalized spacial score (nSPS) is 13.7. The summed E-state index contributed by atoms with van der Waals surface area (Å²) in [6.07, 6.45) is 0. The van der Waals surface area contributed by atoms with Gasteiger partial charge in [0.1, 0.15) is 11.4 Å². The first-order valence-corrected chi connectivity index (χ1v) is 2.54. The lowest BCUT2D eigenvalue weighted by Crippen LogP contribution is -2.04. The molecule has 0 bridgehead atoms. The highest BCUT2D eigenvalue weighted by Crippen LogP contribution is 1.86. The highest BCUT2D eigenvalue weighted by Gasteiger charge is 1.95. The van der Waals surface area contributed by atoms with Crippen molar-refractivity contribution in [2.24, 2.45) is 10.3 Å². The Morgan fingerprint density at radius 2 is 2.00 bits per heavy atom. The van der Waals surface area contributed by atoms with Crippen molar-refractivity contribution in [2.75, 3.05) is 0 Å². The summed E-state index contributed by atoms with van der Waals surface area (Å²) in [4.78, 5) is 0. The molecule has 4 nitrogen and oxygen atoms in total. The topological polar surface area (TPSA) is 54.2 Å². The van der Waals surface area contributed by atoms with E-state index in [9.17, 15) is 0 Å². The molecule has 0 heterocycles. The number of hydrogen-bond donors (Lipinski definition) is 1. The fraction of sp³-hybridized carbons (Fsp3) is 0.500. The standard InChI is InChI=1S/C4H7ClN2O2/c1-3(6-8)4(2)7-9-5/h8H,1-2H3. The van der Waals surface area contributed by atoms with E-state index in [0.717, 1.165) is 0 Å². The molecule has 0 spiro atoms. The van der Waals surface area contributed by atoms with Crippen LogP contribution in [0.15, 0.2) is 10.3 Å². The van der Waals surface area contributed by atoms with E-state index in [0.29, 0.717) is 11.4 Å². The lowest BCUT2D eigenvalue weighted by molar-refractivity contribution is 0.319. The van der Waals surface area contributed by atoms with E-state index in [-0.39, 0.29) is 0 Å². The number of oxime groups is 2. The molecule has 0 rings (SSSR count). The van der Waals surface area contributed by atoms with Crippen LogP contribution in [0.1, 0.15) is 13.8 Å². The van der Waals surface area contributed by atoms with Gasteiger partial charge in [-0.15, -0.1) is 0 Å². The molecule has 0 aromatic carbocycles. The minimum atomic E-state index is 0.371. The molecule has 52 valence electrons. The van der Waals surface area contributed by atoms with Crippen LogP contribution < -0.4 is 0 Å². The van der Waals surface area contributed by atoms with Gasteiger partial charge in [-0.2, -0.15) is 0 Å². The molecule has 0 aliphatic carbocycles. The first kappa shape index (κ1) is 8.23. The van der Waals surface area contributed by atoms with Gasteiger partial charge in [-0.3, -0.25) is 4.39 Å². The predicted molar refractivity (Wildman–Crippen MR) is 34.9 cm³/mol. The van der Waals surface area contributed by atoms with Crippen LogP contribution in [0.2, 0.25) is 0 Å². The summed E-state index contributed by atoms with van der Waals surface area (Å²) >= 11 is 4.77. The molecular formula is C4H7ClN2O2. The third-order valence-corrected chi connectivity index (χ3v) is 0.914. The highest BCUT2D eigenvalue weighted by molar-refractivity contribution is 6.40. The summed E-state index contributed by atoms with van der Waals surface area (Å²) in [5.41, 5.74) is 0.808. The maximum atomic E-state index is 8.14.